The first kappa shape index (κ1) is 21.0. The molecule has 1 aliphatic rings. The number of carbonyl (C=O) groups is 2. The summed E-state index contributed by atoms with van der Waals surface area (Å²) >= 11 is 1.57. The van der Waals surface area contributed by atoms with Crippen LogP contribution in [0.2, 0.25) is 0 Å². The zero-order chi connectivity index (χ0) is 21.6. The summed E-state index contributed by atoms with van der Waals surface area (Å²) in [5.41, 5.74) is 3.41. The Morgan fingerprint density at radius 3 is 2.65 bits per heavy atom. The molecule has 0 saturated carbocycles. The van der Waals surface area contributed by atoms with E-state index in [0.717, 1.165) is 22.5 Å². The molecule has 0 unspecified atom stereocenters. The number of nitrogens with zero attached hydrogens (tertiary/aromatic N) is 1. The van der Waals surface area contributed by atoms with Crippen LogP contribution in [-0.2, 0) is 16.0 Å². The van der Waals surface area contributed by atoms with Crippen LogP contribution in [0.4, 0.5) is 11.4 Å². The van der Waals surface area contributed by atoms with Crippen LogP contribution in [0, 0.1) is 0 Å². The summed E-state index contributed by atoms with van der Waals surface area (Å²) < 4.78 is 5.75. The van der Waals surface area contributed by atoms with Crippen LogP contribution in [0.5, 0.6) is 5.75 Å². The summed E-state index contributed by atoms with van der Waals surface area (Å²) in [6.07, 6.45) is 0.315. The molecule has 31 heavy (non-hydrogen) atoms. The van der Waals surface area contributed by atoms with E-state index in [1.165, 1.54) is 0 Å². The molecule has 1 saturated heterocycles. The van der Waals surface area contributed by atoms with E-state index in [1.54, 1.807) is 16.7 Å². The van der Waals surface area contributed by atoms with Crippen LogP contribution in [0.15, 0.2) is 78.9 Å². The van der Waals surface area contributed by atoms with Crippen molar-refractivity contribution in [2.75, 3.05) is 22.6 Å². The summed E-state index contributed by atoms with van der Waals surface area (Å²) in [4.78, 5) is 27.0. The van der Waals surface area contributed by atoms with E-state index in [4.69, 9.17) is 4.74 Å². The number of carbonyl (C=O) groups excluding carboxylic acids is 2. The monoisotopic (exact) mass is 432 g/mol. The number of nitrogens with one attached hydrogen (secondary N) is 1. The lowest BCUT2D eigenvalue weighted by Gasteiger charge is -2.26. The van der Waals surface area contributed by atoms with Gasteiger partial charge in [0.15, 0.2) is 0 Å². The van der Waals surface area contributed by atoms with Crippen LogP contribution >= 0.6 is 11.8 Å². The summed E-state index contributed by atoms with van der Waals surface area (Å²) in [7, 11) is 0. The van der Waals surface area contributed by atoms with E-state index in [-0.39, 0.29) is 17.2 Å². The first-order valence-electron chi connectivity index (χ1n) is 10.2. The normalized spacial score (nSPS) is 15.7. The van der Waals surface area contributed by atoms with E-state index in [9.17, 15) is 9.59 Å². The third kappa shape index (κ3) is 4.91. The quantitative estimate of drug-likeness (QED) is 0.568. The number of hydrogen-bond acceptors (Lipinski definition) is 4. The van der Waals surface area contributed by atoms with Gasteiger partial charge in [0, 0.05) is 5.69 Å². The minimum atomic E-state index is -0.180. The van der Waals surface area contributed by atoms with Crippen molar-refractivity contribution in [1.29, 1.82) is 0 Å². The molecule has 0 aromatic heterocycles. The molecule has 2 amide bonds. The van der Waals surface area contributed by atoms with E-state index in [2.05, 4.69) is 5.32 Å². The van der Waals surface area contributed by atoms with E-state index in [1.807, 2.05) is 85.8 Å². The molecule has 4 rings (SSSR count). The van der Waals surface area contributed by atoms with Crippen molar-refractivity contribution in [1.82, 2.24) is 0 Å². The fourth-order valence-electron chi connectivity index (χ4n) is 3.62. The topological polar surface area (TPSA) is 58.6 Å². The predicted molar refractivity (Wildman–Crippen MR) is 126 cm³/mol. The first-order chi connectivity index (χ1) is 15.2. The highest BCUT2D eigenvalue weighted by molar-refractivity contribution is 8.00. The lowest BCUT2D eigenvalue weighted by molar-refractivity contribution is -0.116. The molecular formula is C25H24N2O3S. The summed E-state index contributed by atoms with van der Waals surface area (Å²) in [5.74, 6) is 1.06. The van der Waals surface area contributed by atoms with Crippen LogP contribution in [0.1, 0.15) is 23.4 Å². The standard InChI is InChI=1S/C25H24N2O3S/c1-2-30-22-14-7-6-13-21(22)27-24(29)17-31-25(27)19-11-8-12-20(16-19)26-23(28)15-18-9-4-3-5-10-18/h3-14,16,25H,2,15,17H2,1H3,(H,26,28)/t25-/m0/s1. The number of anilines is 2. The summed E-state index contributed by atoms with van der Waals surface area (Å²) in [6.45, 7) is 2.45. The molecule has 1 heterocycles. The summed E-state index contributed by atoms with van der Waals surface area (Å²) in [6, 6.07) is 24.9. The molecule has 0 radical (unpaired) electrons. The van der Waals surface area contributed by atoms with Gasteiger partial charge in [-0.15, -0.1) is 11.8 Å². The fourth-order valence-corrected chi connectivity index (χ4v) is 4.78. The second-order valence-corrected chi connectivity index (χ2v) is 8.23. The lowest BCUT2D eigenvalue weighted by Crippen LogP contribution is -2.28. The zero-order valence-corrected chi connectivity index (χ0v) is 18.1. The Morgan fingerprint density at radius 2 is 1.84 bits per heavy atom. The van der Waals surface area contributed by atoms with Crippen molar-refractivity contribution in [3.63, 3.8) is 0 Å². The second-order valence-electron chi connectivity index (χ2n) is 7.16. The molecular weight excluding hydrogens is 408 g/mol. The SMILES string of the molecule is CCOc1ccccc1N1C(=O)CS[C@H]1c1cccc(NC(=O)Cc2ccccc2)c1. The van der Waals surface area contributed by atoms with Gasteiger partial charge in [0.1, 0.15) is 11.1 Å². The van der Waals surface area contributed by atoms with Gasteiger partial charge in [-0.25, -0.2) is 0 Å². The number of hydrogen-bond donors (Lipinski definition) is 1. The van der Waals surface area contributed by atoms with Gasteiger partial charge in [0.25, 0.3) is 0 Å². The highest BCUT2D eigenvalue weighted by atomic mass is 32.2. The number of thioether (sulfide) groups is 1. The van der Waals surface area contributed by atoms with Gasteiger partial charge in [-0.1, -0.05) is 54.6 Å². The van der Waals surface area contributed by atoms with E-state index < -0.39 is 0 Å². The third-order valence-corrected chi connectivity index (χ3v) is 6.17. The van der Waals surface area contributed by atoms with Crippen molar-refractivity contribution in [3.8, 4) is 5.75 Å². The molecule has 3 aromatic carbocycles. The smallest absolute Gasteiger partial charge is 0.238 e. The highest BCUT2D eigenvalue weighted by Gasteiger charge is 2.35. The Bertz CT molecular complexity index is 1070. The van der Waals surface area contributed by atoms with Gasteiger partial charge in [-0.2, -0.15) is 0 Å². The molecule has 158 valence electrons. The Balaban J connectivity index is 1.55. The molecule has 1 atom stereocenters. The summed E-state index contributed by atoms with van der Waals surface area (Å²) in [5, 5.41) is 2.79. The molecule has 0 bridgehead atoms. The maximum absolute atomic E-state index is 12.8. The van der Waals surface area contributed by atoms with Crippen molar-refractivity contribution in [2.45, 2.75) is 18.7 Å². The van der Waals surface area contributed by atoms with Crippen LogP contribution in [0.25, 0.3) is 0 Å². The molecule has 6 heteroatoms. The van der Waals surface area contributed by atoms with Gasteiger partial charge in [-0.3, -0.25) is 14.5 Å². The Hall–Kier alpha value is -3.25. The van der Waals surface area contributed by atoms with Crippen molar-refractivity contribution in [3.05, 3.63) is 90.0 Å². The Morgan fingerprint density at radius 1 is 1.06 bits per heavy atom. The molecule has 3 aromatic rings. The van der Waals surface area contributed by atoms with Crippen molar-refractivity contribution < 1.29 is 14.3 Å². The largest absolute Gasteiger partial charge is 0.492 e. The zero-order valence-electron chi connectivity index (χ0n) is 17.3. The maximum atomic E-state index is 12.8. The Kier molecular flexibility index (Phi) is 6.57. The Labute approximate surface area is 186 Å². The van der Waals surface area contributed by atoms with Gasteiger partial charge in [-0.05, 0) is 42.3 Å². The number of para-hydroxylation sites is 2. The average molecular weight is 433 g/mol. The lowest BCUT2D eigenvalue weighted by atomic mass is 10.1. The molecule has 5 nitrogen and oxygen atoms in total. The highest BCUT2D eigenvalue weighted by Crippen LogP contribution is 2.45. The third-order valence-electron chi connectivity index (χ3n) is 4.96. The second kappa shape index (κ2) is 9.71. The molecule has 0 aliphatic carbocycles. The van der Waals surface area contributed by atoms with Gasteiger partial charge < -0.3 is 10.1 Å². The maximum Gasteiger partial charge on any atom is 0.238 e. The minimum Gasteiger partial charge on any atom is -0.492 e. The average Bonchev–Trinajstić information content (AvgIpc) is 3.16. The number of rotatable bonds is 7. The number of benzene rings is 3. The van der Waals surface area contributed by atoms with Crippen LogP contribution in [-0.4, -0.2) is 24.2 Å². The predicted octanol–water partition coefficient (Wildman–Crippen LogP) is 5.05. The minimum absolute atomic E-state index is 0.0423. The van der Waals surface area contributed by atoms with Crippen LogP contribution < -0.4 is 15.0 Å². The van der Waals surface area contributed by atoms with Gasteiger partial charge in [0.2, 0.25) is 11.8 Å². The number of amides is 2. The molecule has 1 aliphatic heterocycles. The van der Waals surface area contributed by atoms with Gasteiger partial charge >= 0.3 is 0 Å². The van der Waals surface area contributed by atoms with Crippen molar-refractivity contribution >= 4 is 35.0 Å². The van der Waals surface area contributed by atoms with Crippen LogP contribution in [0.3, 0.4) is 0 Å². The van der Waals surface area contributed by atoms with E-state index in [0.29, 0.717) is 24.5 Å². The van der Waals surface area contributed by atoms with Gasteiger partial charge in [0.05, 0.1) is 24.5 Å². The van der Waals surface area contributed by atoms with Crippen molar-refractivity contribution in [2.24, 2.45) is 0 Å². The fraction of sp³-hybridized carbons (Fsp3) is 0.200. The van der Waals surface area contributed by atoms with E-state index >= 15 is 0 Å². The molecule has 0 spiro atoms. The molecule has 1 N–H and O–H groups in total. The first-order valence-corrected chi connectivity index (χ1v) is 11.3. The number of ether oxygens (including phenoxy) is 1. The molecule has 1 fully saturated rings.